The normalized spacial score (nSPS) is 28.8. The van der Waals surface area contributed by atoms with Gasteiger partial charge in [-0.2, -0.15) is 0 Å². The second kappa shape index (κ2) is 3.91. The Bertz CT molecular complexity index is 88.9. The van der Waals surface area contributed by atoms with E-state index in [-0.39, 0.29) is 6.10 Å². The number of aliphatic hydroxyl groups excluding tert-OH is 1. The Morgan fingerprint density at radius 3 is 3.10 bits per heavy atom. The first-order chi connectivity index (χ1) is 4.84. The van der Waals surface area contributed by atoms with E-state index in [1.54, 1.807) is 7.11 Å². The van der Waals surface area contributed by atoms with Gasteiger partial charge in [0.1, 0.15) is 0 Å². The minimum Gasteiger partial charge on any atom is -0.390 e. The van der Waals surface area contributed by atoms with E-state index in [0.717, 1.165) is 13.0 Å². The minimum atomic E-state index is -0.340. The number of ether oxygens (including phenoxy) is 2. The smallest absolute Gasteiger partial charge is 0.0824 e. The summed E-state index contributed by atoms with van der Waals surface area (Å²) in [4.78, 5) is 0. The van der Waals surface area contributed by atoms with Crippen LogP contribution in [0.3, 0.4) is 0 Å². The number of methoxy groups -OCH3 is 1. The fourth-order valence-corrected chi connectivity index (χ4v) is 1.16. The third-order valence-corrected chi connectivity index (χ3v) is 1.85. The van der Waals surface area contributed by atoms with Crippen molar-refractivity contribution in [1.29, 1.82) is 0 Å². The molecule has 3 nitrogen and oxygen atoms in total. The Morgan fingerprint density at radius 2 is 2.60 bits per heavy atom. The maximum Gasteiger partial charge on any atom is 0.0824 e. The van der Waals surface area contributed by atoms with Crippen LogP contribution < -0.4 is 0 Å². The van der Waals surface area contributed by atoms with Crippen LogP contribution >= 0.6 is 0 Å². The van der Waals surface area contributed by atoms with Crippen LogP contribution in [0.4, 0.5) is 0 Å². The highest BCUT2D eigenvalue weighted by molar-refractivity contribution is 4.71. The van der Waals surface area contributed by atoms with E-state index in [1.807, 2.05) is 0 Å². The van der Waals surface area contributed by atoms with E-state index < -0.39 is 0 Å². The Hall–Kier alpha value is -0.120. The van der Waals surface area contributed by atoms with Crippen molar-refractivity contribution in [2.24, 2.45) is 5.92 Å². The van der Waals surface area contributed by atoms with Gasteiger partial charge in [0.2, 0.25) is 0 Å². The molecule has 3 heteroatoms. The lowest BCUT2D eigenvalue weighted by Crippen LogP contribution is -2.25. The molecule has 1 fully saturated rings. The number of rotatable bonds is 3. The van der Waals surface area contributed by atoms with E-state index in [0.29, 0.717) is 19.1 Å². The molecule has 2 atom stereocenters. The SMILES string of the molecule is COCC(O)C1CCOC1. The first-order valence-electron chi connectivity index (χ1n) is 3.59. The lowest BCUT2D eigenvalue weighted by Gasteiger charge is -2.14. The highest BCUT2D eigenvalue weighted by atomic mass is 16.5. The third-order valence-electron chi connectivity index (χ3n) is 1.85. The molecule has 0 spiro atoms. The van der Waals surface area contributed by atoms with Gasteiger partial charge in [-0.1, -0.05) is 0 Å². The van der Waals surface area contributed by atoms with Gasteiger partial charge in [0.15, 0.2) is 0 Å². The van der Waals surface area contributed by atoms with Gasteiger partial charge < -0.3 is 14.6 Å². The molecule has 0 aliphatic carbocycles. The predicted octanol–water partition coefficient (Wildman–Crippen LogP) is 0.0302. The molecule has 2 unspecified atom stereocenters. The van der Waals surface area contributed by atoms with Gasteiger partial charge in [0.05, 0.1) is 19.3 Å². The second-order valence-electron chi connectivity index (χ2n) is 2.65. The van der Waals surface area contributed by atoms with Crippen molar-refractivity contribution in [3.63, 3.8) is 0 Å². The Labute approximate surface area is 60.9 Å². The Balaban J connectivity index is 2.18. The summed E-state index contributed by atoms with van der Waals surface area (Å²) in [7, 11) is 1.60. The molecule has 0 aromatic carbocycles. The van der Waals surface area contributed by atoms with Crippen molar-refractivity contribution in [3.8, 4) is 0 Å². The summed E-state index contributed by atoms with van der Waals surface area (Å²) in [5, 5.41) is 9.34. The summed E-state index contributed by atoms with van der Waals surface area (Å²) < 4.78 is 9.92. The second-order valence-corrected chi connectivity index (χ2v) is 2.65. The molecule has 0 bridgehead atoms. The van der Waals surface area contributed by atoms with Crippen molar-refractivity contribution < 1.29 is 14.6 Å². The van der Waals surface area contributed by atoms with E-state index in [2.05, 4.69) is 0 Å². The fourth-order valence-electron chi connectivity index (χ4n) is 1.16. The molecule has 0 aromatic rings. The summed E-state index contributed by atoms with van der Waals surface area (Å²) in [6, 6.07) is 0. The average Bonchev–Trinajstić information content (AvgIpc) is 2.38. The molecule has 1 rings (SSSR count). The van der Waals surface area contributed by atoms with Gasteiger partial charge >= 0.3 is 0 Å². The topological polar surface area (TPSA) is 38.7 Å². The third kappa shape index (κ3) is 1.94. The van der Waals surface area contributed by atoms with Crippen molar-refractivity contribution in [1.82, 2.24) is 0 Å². The maximum atomic E-state index is 9.34. The van der Waals surface area contributed by atoms with Gasteiger partial charge in [0.25, 0.3) is 0 Å². The summed E-state index contributed by atoms with van der Waals surface area (Å²) in [6.45, 7) is 1.89. The molecule has 1 N–H and O–H groups in total. The van der Waals surface area contributed by atoms with Crippen LogP contribution in [-0.4, -0.2) is 38.1 Å². The lowest BCUT2D eigenvalue weighted by molar-refractivity contribution is 0.0214. The van der Waals surface area contributed by atoms with Gasteiger partial charge in [0, 0.05) is 19.6 Å². The standard InChI is InChI=1S/C7H14O3/c1-9-5-7(8)6-2-3-10-4-6/h6-8H,2-5H2,1H3. The van der Waals surface area contributed by atoms with Crippen LogP contribution in [0.15, 0.2) is 0 Å². The Kier molecular flexibility index (Phi) is 3.12. The lowest BCUT2D eigenvalue weighted by atomic mass is 10.0. The zero-order chi connectivity index (χ0) is 7.40. The van der Waals surface area contributed by atoms with E-state index in [4.69, 9.17) is 9.47 Å². The molecule has 0 aromatic heterocycles. The van der Waals surface area contributed by atoms with Gasteiger partial charge in [-0.3, -0.25) is 0 Å². The molecule has 1 saturated heterocycles. The van der Waals surface area contributed by atoms with Gasteiger partial charge in [-0.25, -0.2) is 0 Å². The van der Waals surface area contributed by atoms with Crippen LogP contribution in [0.5, 0.6) is 0 Å². The monoisotopic (exact) mass is 146 g/mol. The highest BCUT2D eigenvalue weighted by Crippen LogP contribution is 2.16. The molecule has 0 saturated carbocycles. The number of hydrogen-bond donors (Lipinski definition) is 1. The summed E-state index contributed by atoms with van der Waals surface area (Å²) in [5.41, 5.74) is 0. The Morgan fingerprint density at radius 1 is 1.80 bits per heavy atom. The molecular formula is C7H14O3. The minimum absolute atomic E-state index is 0.292. The zero-order valence-corrected chi connectivity index (χ0v) is 6.25. The molecule has 0 radical (unpaired) electrons. The summed E-state index contributed by atoms with van der Waals surface area (Å²) >= 11 is 0. The fraction of sp³-hybridized carbons (Fsp3) is 1.00. The van der Waals surface area contributed by atoms with Crippen LogP contribution in [0.25, 0.3) is 0 Å². The van der Waals surface area contributed by atoms with E-state index >= 15 is 0 Å². The van der Waals surface area contributed by atoms with Gasteiger partial charge in [-0.05, 0) is 6.42 Å². The van der Waals surface area contributed by atoms with Crippen molar-refractivity contribution in [2.45, 2.75) is 12.5 Å². The molecule has 10 heavy (non-hydrogen) atoms. The van der Waals surface area contributed by atoms with Crippen molar-refractivity contribution >= 4 is 0 Å². The van der Waals surface area contributed by atoms with Crippen LogP contribution in [0.2, 0.25) is 0 Å². The first-order valence-corrected chi connectivity index (χ1v) is 3.59. The predicted molar refractivity (Wildman–Crippen MR) is 36.8 cm³/mol. The number of hydrogen-bond acceptors (Lipinski definition) is 3. The molecule has 1 heterocycles. The van der Waals surface area contributed by atoms with Crippen LogP contribution in [-0.2, 0) is 9.47 Å². The van der Waals surface area contributed by atoms with Crippen LogP contribution in [0.1, 0.15) is 6.42 Å². The first kappa shape index (κ1) is 7.98. The zero-order valence-electron chi connectivity index (χ0n) is 6.25. The largest absolute Gasteiger partial charge is 0.390 e. The molecule has 0 amide bonds. The van der Waals surface area contributed by atoms with Crippen LogP contribution in [0, 0.1) is 5.92 Å². The quantitative estimate of drug-likeness (QED) is 0.610. The van der Waals surface area contributed by atoms with E-state index in [9.17, 15) is 5.11 Å². The number of aliphatic hydroxyl groups is 1. The van der Waals surface area contributed by atoms with Gasteiger partial charge in [-0.15, -0.1) is 0 Å². The van der Waals surface area contributed by atoms with Crippen molar-refractivity contribution in [3.05, 3.63) is 0 Å². The summed E-state index contributed by atoms with van der Waals surface area (Å²) in [5.74, 6) is 0.292. The van der Waals surface area contributed by atoms with E-state index in [1.165, 1.54) is 0 Å². The average molecular weight is 146 g/mol. The molecular weight excluding hydrogens is 132 g/mol. The van der Waals surface area contributed by atoms with Crippen molar-refractivity contribution in [2.75, 3.05) is 26.9 Å². The molecule has 60 valence electrons. The highest BCUT2D eigenvalue weighted by Gasteiger charge is 2.23. The summed E-state index contributed by atoms with van der Waals surface area (Å²) in [6.07, 6.45) is 0.623. The maximum absolute atomic E-state index is 9.34. The molecule has 1 aliphatic rings. The molecule has 1 aliphatic heterocycles.